The predicted octanol–water partition coefficient (Wildman–Crippen LogP) is 5.48. The van der Waals surface area contributed by atoms with Crippen LogP contribution in [0.2, 0.25) is 0 Å². The van der Waals surface area contributed by atoms with Crippen molar-refractivity contribution in [2.75, 3.05) is 50.2 Å². The number of nitrogens with zero attached hydrogens (tertiary/aromatic N) is 4. The van der Waals surface area contributed by atoms with Crippen LogP contribution < -0.4 is 9.80 Å². The lowest BCUT2D eigenvalue weighted by atomic mass is 9.80. The van der Waals surface area contributed by atoms with Crippen LogP contribution in [0.5, 0.6) is 0 Å². The number of ether oxygens (including phenoxy) is 1. The number of anilines is 2. The van der Waals surface area contributed by atoms with E-state index in [1.165, 1.54) is 28.7 Å². The number of amidine groups is 1. The standard InChI is InChI=1S/C28H34N4O2S/c1-19-18-28(2,3)31(5)24-11-6-20(16-23(19)24)17-25-26(33)30(4)27(35-25)29-21-7-9-22(10-8-21)32-12-14-34-15-13-32/h6-11,16-17,19H,12-15,18H2,1-5H3/b25-17-,29-27?/t19-/m1/s1. The van der Waals surface area contributed by atoms with E-state index in [1.54, 1.807) is 11.9 Å². The van der Waals surface area contributed by atoms with Crippen molar-refractivity contribution in [3.63, 3.8) is 0 Å². The van der Waals surface area contributed by atoms with E-state index in [9.17, 15) is 4.79 Å². The fourth-order valence-electron chi connectivity index (χ4n) is 5.16. The second-order valence-corrected chi connectivity index (χ2v) is 11.3. The van der Waals surface area contributed by atoms with Gasteiger partial charge in [-0.1, -0.05) is 13.0 Å². The summed E-state index contributed by atoms with van der Waals surface area (Å²) in [6, 6.07) is 14.8. The van der Waals surface area contributed by atoms with Gasteiger partial charge in [-0.3, -0.25) is 9.69 Å². The second kappa shape index (κ2) is 9.36. The number of amides is 1. The lowest BCUT2D eigenvalue weighted by Gasteiger charge is -2.45. The van der Waals surface area contributed by atoms with Gasteiger partial charge in [0.1, 0.15) is 0 Å². The highest BCUT2D eigenvalue weighted by Crippen LogP contribution is 2.43. The van der Waals surface area contributed by atoms with Gasteiger partial charge in [0.25, 0.3) is 5.91 Å². The molecule has 5 rings (SSSR count). The van der Waals surface area contributed by atoms with Crippen LogP contribution in [-0.4, -0.2) is 61.9 Å². The summed E-state index contributed by atoms with van der Waals surface area (Å²) in [6.07, 6.45) is 3.11. The lowest BCUT2D eigenvalue weighted by molar-refractivity contribution is -0.121. The molecule has 3 aliphatic rings. The molecule has 6 nitrogen and oxygen atoms in total. The van der Waals surface area contributed by atoms with Gasteiger partial charge >= 0.3 is 0 Å². The van der Waals surface area contributed by atoms with E-state index in [4.69, 9.17) is 9.73 Å². The van der Waals surface area contributed by atoms with E-state index in [0.29, 0.717) is 16.0 Å². The van der Waals surface area contributed by atoms with Crippen molar-refractivity contribution < 1.29 is 9.53 Å². The van der Waals surface area contributed by atoms with E-state index in [0.717, 1.165) is 44.0 Å². The van der Waals surface area contributed by atoms with Gasteiger partial charge in [0.2, 0.25) is 0 Å². The predicted molar refractivity (Wildman–Crippen MR) is 147 cm³/mol. The molecular formula is C28H34N4O2S. The summed E-state index contributed by atoms with van der Waals surface area (Å²) < 4.78 is 5.44. The Morgan fingerprint density at radius 3 is 2.51 bits per heavy atom. The first-order valence-electron chi connectivity index (χ1n) is 12.3. The van der Waals surface area contributed by atoms with E-state index < -0.39 is 0 Å². The number of rotatable bonds is 3. The van der Waals surface area contributed by atoms with E-state index in [2.05, 4.69) is 68.0 Å². The van der Waals surface area contributed by atoms with E-state index >= 15 is 0 Å². The Kier molecular flexibility index (Phi) is 6.40. The van der Waals surface area contributed by atoms with Crippen molar-refractivity contribution in [1.29, 1.82) is 0 Å². The maximum absolute atomic E-state index is 13.0. The number of fused-ring (bicyclic) bond motifs is 1. The molecule has 2 aromatic carbocycles. The Balaban J connectivity index is 1.35. The van der Waals surface area contributed by atoms with Gasteiger partial charge < -0.3 is 14.5 Å². The lowest BCUT2D eigenvalue weighted by Crippen LogP contribution is -2.45. The summed E-state index contributed by atoms with van der Waals surface area (Å²) >= 11 is 1.44. The van der Waals surface area contributed by atoms with E-state index in [-0.39, 0.29) is 11.4 Å². The molecule has 2 saturated heterocycles. The molecule has 0 saturated carbocycles. The van der Waals surface area contributed by atoms with Crippen LogP contribution in [0.15, 0.2) is 52.4 Å². The second-order valence-electron chi connectivity index (χ2n) is 10.3. The molecule has 7 heteroatoms. The summed E-state index contributed by atoms with van der Waals surface area (Å²) in [4.78, 5) is 24.8. The minimum Gasteiger partial charge on any atom is -0.378 e. The summed E-state index contributed by atoms with van der Waals surface area (Å²) in [6.45, 7) is 10.2. The van der Waals surface area contributed by atoms with Crippen molar-refractivity contribution in [1.82, 2.24) is 4.90 Å². The topological polar surface area (TPSA) is 48.4 Å². The Bertz CT molecular complexity index is 1180. The minimum absolute atomic E-state index is 0.0114. The fraction of sp³-hybridized carbons (Fsp3) is 0.429. The first-order chi connectivity index (χ1) is 16.7. The monoisotopic (exact) mass is 490 g/mol. The van der Waals surface area contributed by atoms with Gasteiger partial charge in [0.15, 0.2) is 5.17 Å². The van der Waals surface area contributed by atoms with Gasteiger partial charge in [-0.05, 0) is 91.5 Å². The molecule has 1 amide bonds. The molecule has 0 aliphatic carbocycles. The SMILES string of the molecule is C[C@@H]1CC(C)(C)N(C)c2ccc(/C=C3\SC(=Nc4ccc(N5CCOCC5)cc4)N(C)C3=O)cc21. The van der Waals surface area contributed by atoms with Crippen molar-refractivity contribution >= 4 is 46.0 Å². The molecule has 35 heavy (non-hydrogen) atoms. The summed E-state index contributed by atoms with van der Waals surface area (Å²) in [7, 11) is 3.97. The summed E-state index contributed by atoms with van der Waals surface area (Å²) in [5.74, 6) is 0.462. The number of morpholine rings is 1. The average molecular weight is 491 g/mol. The highest BCUT2D eigenvalue weighted by molar-refractivity contribution is 8.18. The molecule has 0 unspecified atom stereocenters. The number of carbonyl (C=O) groups excluding carboxylic acids is 1. The number of likely N-dealkylation sites (N-methyl/N-ethyl adjacent to an activating group) is 1. The van der Waals surface area contributed by atoms with Gasteiger partial charge in [-0.15, -0.1) is 0 Å². The number of carbonyl (C=O) groups is 1. The van der Waals surface area contributed by atoms with Gasteiger partial charge in [0, 0.05) is 44.1 Å². The van der Waals surface area contributed by atoms with Crippen LogP contribution in [0.4, 0.5) is 17.1 Å². The molecule has 0 spiro atoms. The molecule has 0 bridgehead atoms. The van der Waals surface area contributed by atoms with Gasteiger partial charge in [0.05, 0.1) is 23.8 Å². The van der Waals surface area contributed by atoms with Crippen LogP contribution >= 0.6 is 11.8 Å². The van der Waals surface area contributed by atoms with Crippen LogP contribution in [0.1, 0.15) is 44.2 Å². The smallest absolute Gasteiger partial charge is 0.266 e. The van der Waals surface area contributed by atoms with Crippen LogP contribution in [-0.2, 0) is 9.53 Å². The molecule has 3 aliphatic heterocycles. The maximum Gasteiger partial charge on any atom is 0.266 e. The average Bonchev–Trinajstić information content (AvgIpc) is 3.11. The Hall–Kier alpha value is -2.77. The number of benzene rings is 2. The maximum atomic E-state index is 13.0. The van der Waals surface area contributed by atoms with Crippen molar-refractivity contribution in [2.45, 2.75) is 38.6 Å². The van der Waals surface area contributed by atoms with Gasteiger partial charge in [-0.25, -0.2) is 4.99 Å². The largest absolute Gasteiger partial charge is 0.378 e. The minimum atomic E-state index is -0.0114. The van der Waals surface area contributed by atoms with Gasteiger partial charge in [-0.2, -0.15) is 0 Å². The Morgan fingerprint density at radius 2 is 1.80 bits per heavy atom. The van der Waals surface area contributed by atoms with Crippen LogP contribution in [0.3, 0.4) is 0 Å². The molecule has 0 radical (unpaired) electrons. The van der Waals surface area contributed by atoms with Crippen molar-refractivity contribution in [2.24, 2.45) is 4.99 Å². The quantitative estimate of drug-likeness (QED) is 0.534. The molecular weight excluding hydrogens is 456 g/mol. The zero-order valence-electron chi connectivity index (χ0n) is 21.2. The molecule has 0 aromatic heterocycles. The van der Waals surface area contributed by atoms with E-state index in [1.807, 2.05) is 18.2 Å². The third-order valence-electron chi connectivity index (χ3n) is 7.41. The molecule has 2 fully saturated rings. The molecule has 2 aromatic rings. The summed E-state index contributed by atoms with van der Waals surface area (Å²) in [5, 5.41) is 0.702. The molecule has 1 atom stereocenters. The zero-order valence-corrected chi connectivity index (χ0v) is 22.1. The zero-order chi connectivity index (χ0) is 24.7. The fourth-order valence-corrected chi connectivity index (χ4v) is 6.15. The van der Waals surface area contributed by atoms with Crippen molar-refractivity contribution in [3.8, 4) is 0 Å². The van der Waals surface area contributed by atoms with Crippen LogP contribution in [0, 0.1) is 0 Å². The number of thioether (sulfide) groups is 1. The summed E-state index contributed by atoms with van der Waals surface area (Å²) in [5.41, 5.74) is 5.85. The molecule has 184 valence electrons. The Labute approximate surface area is 212 Å². The molecule has 3 heterocycles. The van der Waals surface area contributed by atoms with Crippen molar-refractivity contribution in [3.05, 3.63) is 58.5 Å². The molecule has 0 N–H and O–H groups in total. The number of hydrogen-bond donors (Lipinski definition) is 0. The first kappa shape index (κ1) is 23.9. The normalized spacial score (nSPS) is 24.4. The van der Waals surface area contributed by atoms with Crippen LogP contribution in [0.25, 0.3) is 6.08 Å². The third-order valence-corrected chi connectivity index (χ3v) is 8.47. The number of hydrogen-bond acceptors (Lipinski definition) is 6. The third kappa shape index (κ3) is 4.71. The highest BCUT2D eigenvalue weighted by atomic mass is 32.2. The Morgan fingerprint density at radius 1 is 1.09 bits per heavy atom. The number of aliphatic imine (C=N–C) groups is 1. The highest BCUT2D eigenvalue weighted by Gasteiger charge is 2.34. The first-order valence-corrected chi connectivity index (χ1v) is 13.1.